The molecule has 1 saturated carbocycles. The molecule has 0 bridgehead atoms. The van der Waals surface area contributed by atoms with Gasteiger partial charge in [-0.1, -0.05) is 36.9 Å². The van der Waals surface area contributed by atoms with E-state index in [1.54, 1.807) is 6.20 Å². The fraction of sp³-hybridized carbons (Fsp3) is 0.526. The van der Waals surface area contributed by atoms with Crippen molar-refractivity contribution >= 4 is 29.1 Å². The molecule has 1 saturated heterocycles. The zero-order valence-corrected chi connectivity index (χ0v) is 15.7. The fourth-order valence-electron chi connectivity index (χ4n) is 3.80. The predicted molar refractivity (Wildman–Crippen MR) is 106 cm³/mol. The van der Waals surface area contributed by atoms with Gasteiger partial charge in [-0.25, -0.2) is 0 Å². The summed E-state index contributed by atoms with van der Waals surface area (Å²) in [5.41, 5.74) is 1.18. The highest BCUT2D eigenvalue weighted by atomic mass is 35.5. The smallest absolute Gasteiger partial charge is 0.244 e. The normalized spacial score (nSPS) is 18.8. The van der Waals surface area contributed by atoms with Crippen LogP contribution in [0.15, 0.2) is 30.5 Å². The quantitative estimate of drug-likeness (QED) is 0.885. The molecule has 1 N–H and O–H groups in total. The van der Waals surface area contributed by atoms with Gasteiger partial charge in [-0.15, -0.1) is 5.10 Å². The van der Waals surface area contributed by atoms with E-state index in [1.807, 2.05) is 18.2 Å². The van der Waals surface area contributed by atoms with Crippen LogP contribution < -0.4 is 15.1 Å². The zero-order valence-electron chi connectivity index (χ0n) is 14.9. The lowest BCUT2D eigenvalue weighted by Crippen LogP contribution is -2.47. The van der Waals surface area contributed by atoms with Crippen molar-refractivity contribution in [1.82, 2.24) is 15.2 Å². The summed E-state index contributed by atoms with van der Waals surface area (Å²) in [4.78, 5) is 9.34. The Labute approximate surface area is 159 Å². The Balaban J connectivity index is 1.37. The van der Waals surface area contributed by atoms with E-state index >= 15 is 0 Å². The number of piperazine rings is 1. The molecule has 26 heavy (non-hydrogen) atoms. The van der Waals surface area contributed by atoms with E-state index in [0.29, 0.717) is 12.0 Å². The van der Waals surface area contributed by atoms with Gasteiger partial charge >= 0.3 is 0 Å². The van der Waals surface area contributed by atoms with Gasteiger partial charge in [-0.3, -0.25) is 0 Å². The minimum absolute atomic E-state index is 0.487. The number of benzene rings is 1. The lowest BCUT2D eigenvalue weighted by molar-refractivity contribution is 0.460. The van der Waals surface area contributed by atoms with E-state index in [9.17, 15) is 0 Å². The van der Waals surface area contributed by atoms with Crippen LogP contribution in [0.5, 0.6) is 0 Å². The molecular weight excluding hydrogens is 348 g/mol. The topological polar surface area (TPSA) is 57.2 Å². The second-order valence-corrected chi connectivity index (χ2v) is 7.51. The zero-order chi connectivity index (χ0) is 17.8. The van der Waals surface area contributed by atoms with E-state index in [4.69, 9.17) is 16.6 Å². The van der Waals surface area contributed by atoms with Gasteiger partial charge in [0.25, 0.3) is 0 Å². The lowest BCUT2D eigenvalue weighted by atomic mass is 9.96. The highest BCUT2D eigenvalue weighted by Crippen LogP contribution is 2.23. The van der Waals surface area contributed by atoms with Crippen LogP contribution in [0.2, 0.25) is 5.02 Å². The lowest BCUT2D eigenvalue weighted by Gasteiger charge is -2.36. The Morgan fingerprint density at radius 2 is 1.77 bits per heavy atom. The van der Waals surface area contributed by atoms with Crippen molar-refractivity contribution in [3.8, 4) is 0 Å². The Bertz CT molecular complexity index is 725. The molecule has 2 heterocycles. The van der Waals surface area contributed by atoms with E-state index in [2.05, 4.69) is 31.4 Å². The summed E-state index contributed by atoms with van der Waals surface area (Å²) in [7, 11) is 0. The summed E-state index contributed by atoms with van der Waals surface area (Å²) < 4.78 is 0. The van der Waals surface area contributed by atoms with Gasteiger partial charge in [-0.05, 0) is 31.0 Å². The molecule has 4 rings (SSSR count). The molecule has 2 fully saturated rings. The van der Waals surface area contributed by atoms with Crippen LogP contribution in [0.3, 0.4) is 0 Å². The van der Waals surface area contributed by atoms with E-state index in [0.717, 1.165) is 37.0 Å². The minimum Gasteiger partial charge on any atom is -0.368 e. The maximum atomic E-state index is 6.12. The molecule has 2 aromatic rings. The molecular formula is C19H25ClN6. The molecule has 0 unspecified atom stereocenters. The summed E-state index contributed by atoms with van der Waals surface area (Å²) in [6.45, 7) is 3.70. The third kappa shape index (κ3) is 4.18. The minimum atomic E-state index is 0.487. The van der Waals surface area contributed by atoms with Crippen molar-refractivity contribution in [3.05, 3.63) is 35.5 Å². The first-order valence-corrected chi connectivity index (χ1v) is 9.87. The van der Waals surface area contributed by atoms with Crippen LogP contribution in [0.1, 0.15) is 32.1 Å². The number of halogens is 1. The number of hydrogen-bond donors (Lipinski definition) is 1. The third-order valence-corrected chi connectivity index (χ3v) is 5.50. The van der Waals surface area contributed by atoms with Gasteiger partial charge in [-0.2, -0.15) is 10.1 Å². The van der Waals surface area contributed by atoms with Crippen molar-refractivity contribution in [2.45, 2.75) is 38.1 Å². The maximum absolute atomic E-state index is 6.12. The Kier molecular flexibility index (Phi) is 5.39. The third-order valence-electron chi connectivity index (χ3n) is 5.26. The van der Waals surface area contributed by atoms with E-state index in [1.165, 1.54) is 37.8 Å². The highest BCUT2D eigenvalue weighted by Gasteiger charge is 2.20. The number of aromatic nitrogens is 3. The first-order chi connectivity index (χ1) is 12.8. The fourth-order valence-corrected chi connectivity index (χ4v) is 3.99. The van der Waals surface area contributed by atoms with Gasteiger partial charge in [0.1, 0.15) is 0 Å². The van der Waals surface area contributed by atoms with Gasteiger partial charge in [0, 0.05) is 42.9 Å². The van der Waals surface area contributed by atoms with Crippen molar-refractivity contribution in [1.29, 1.82) is 0 Å². The number of anilines is 3. The van der Waals surface area contributed by atoms with Crippen LogP contribution in [-0.2, 0) is 0 Å². The molecule has 2 aliphatic rings. The van der Waals surface area contributed by atoms with Crippen LogP contribution in [-0.4, -0.2) is 47.4 Å². The van der Waals surface area contributed by atoms with Crippen molar-refractivity contribution in [3.63, 3.8) is 0 Å². The first kappa shape index (κ1) is 17.3. The summed E-state index contributed by atoms with van der Waals surface area (Å²) >= 11 is 6.12. The second-order valence-electron chi connectivity index (χ2n) is 7.07. The molecule has 0 amide bonds. The molecule has 1 aliphatic carbocycles. The molecule has 1 aliphatic heterocycles. The molecule has 1 aromatic carbocycles. The van der Waals surface area contributed by atoms with Gasteiger partial charge < -0.3 is 15.1 Å². The van der Waals surface area contributed by atoms with Crippen molar-refractivity contribution in [2.24, 2.45) is 0 Å². The number of nitrogens with one attached hydrogen (secondary N) is 1. The highest BCUT2D eigenvalue weighted by molar-refractivity contribution is 6.30. The van der Waals surface area contributed by atoms with E-state index in [-0.39, 0.29) is 0 Å². The van der Waals surface area contributed by atoms with E-state index < -0.39 is 0 Å². The molecule has 0 spiro atoms. The van der Waals surface area contributed by atoms with Gasteiger partial charge in [0.05, 0.1) is 6.20 Å². The standard InChI is InChI=1S/C19H25ClN6/c20-15-5-4-8-17(13-15)25-9-11-26(12-10-25)18-14-21-24-19(23-18)22-16-6-2-1-3-7-16/h4-5,8,13-14,16H,1-3,6-7,9-12H2,(H,22,23,24). The SMILES string of the molecule is Clc1cccc(N2CCN(c3cnnc(NC4CCCCC4)n3)CC2)c1. The predicted octanol–water partition coefficient (Wildman–Crippen LogP) is 3.60. The number of hydrogen-bond acceptors (Lipinski definition) is 6. The van der Waals surface area contributed by atoms with Gasteiger partial charge in [0.2, 0.25) is 5.95 Å². The number of rotatable bonds is 4. The molecule has 1 aromatic heterocycles. The Morgan fingerprint density at radius 3 is 2.54 bits per heavy atom. The largest absolute Gasteiger partial charge is 0.368 e. The van der Waals surface area contributed by atoms with Crippen molar-refractivity contribution < 1.29 is 0 Å². The second kappa shape index (κ2) is 8.08. The van der Waals surface area contributed by atoms with Gasteiger partial charge in [0.15, 0.2) is 5.82 Å². The maximum Gasteiger partial charge on any atom is 0.244 e. The first-order valence-electron chi connectivity index (χ1n) is 9.50. The summed E-state index contributed by atoms with van der Waals surface area (Å²) in [6.07, 6.45) is 8.08. The molecule has 0 radical (unpaired) electrons. The van der Waals surface area contributed by atoms with Crippen LogP contribution in [0.4, 0.5) is 17.5 Å². The number of nitrogens with zero attached hydrogens (tertiary/aromatic N) is 5. The summed E-state index contributed by atoms with van der Waals surface area (Å²) in [6, 6.07) is 8.53. The van der Waals surface area contributed by atoms with Crippen molar-refractivity contribution in [2.75, 3.05) is 41.3 Å². The monoisotopic (exact) mass is 372 g/mol. The Hall–Kier alpha value is -2.08. The van der Waals surface area contributed by atoms with Crippen LogP contribution >= 0.6 is 11.6 Å². The van der Waals surface area contributed by atoms with Crippen LogP contribution in [0.25, 0.3) is 0 Å². The molecule has 138 valence electrons. The summed E-state index contributed by atoms with van der Waals surface area (Å²) in [5.74, 6) is 1.57. The van der Waals surface area contributed by atoms with Crippen LogP contribution in [0, 0.1) is 0 Å². The average molecular weight is 373 g/mol. The summed E-state index contributed by atoms with van der Waals surface area (Å²) in [5, 5.41) is 12.6. The molecule has 6 nitrogen and oxygen atoms in total. The molecule has 7 heteroatoms. The Morgan fingerprint density at radius 1 is 1.00 bits per heavy atom. The average Bonchev–Trinajstić information content (AvgIpc) is 2.69. The molecule has 0 atom stereocenters.